The second-order valence-electron chi connectivity index (χ2n) is 9.90. The molecule has 7 nitrogen and oxygen atoms in total. The average molecular weight is 435 g/mol. The average Bonchev–Trinajstić information content (AvgIpc) is 2.95. The van der Waals surface area contributed by atoms with Gasteiger partial charge in [-0.2, -0.15) is 4.39 Å². The Morgan fingerprint density at radius 2 is 2.10 bits per heavy atom. The van der Waals surface area contributed by atoms with Crippen LogP contribution in [0.3, 0.4) is 0 Å². The number of hydrogen-bond acceptors (Lipinski definition) is 6. The lowest BCUT2D eigenvalue weighted by Gasteiger charge is -2.60. The Morgan fingerprint density at radius 3 is 2.90 bits per heavy atom. The maximum absolute atomic E-state index is 13.3. The number of nitrogens with one attached hydrogen (secondary N) is 1. The maximum atomic E-state index is 13.3. The van der Waals surface area contributed by atoms with Gasteiger partial charge < -0.3 is 14.8 Å². The van der Waals surface area contributed by atoms with E-state index in [-0.39, 0.29) is 30.3 Å². The number of carbonyl (C=O) groups excluding carboxylic acids is 1. The van der Waals surface area contributed by atoms with Crippen molar-refractivity contribution < 1.29 is 28.4 Å². The highest BCUT2D eigenvalue weighted by Gasteiger charge is 2.69. The molecule has 0 radical (unpaired) electrons. The van der Waals surface area contributed by atoms with Crippen LogP contribution in [0.2, 0.25) is 0 Å². The first-order valence-electron chi connectivity index (χ1n) is 11.4. The first-order chi connectivity index (χ1) is 14.8. The summed E-state index contributed by atoms with van der Waals surface area (Å²) in [5.41, 5.74) is -0.179. The number of amides is 1. The minimum absolute atomic E-state index is 0.124. The number of anilines is 1. The highest BCUT2D eigenvalue weighted by Crippen LogP contribution is 2.60. The number of nitrogens with zero attached hydrogens (tertiary/aromatic N) is 1. The molecule has 1 saturated carbocycles. The second kappa shape index (κ2) is 7.76. The van der Waals surface area contributed by atoms with Crippen LogP contribution in [-0.4, -0.2) is 34.7 Å². The maximum Gasteiger partial charge on any atom is 0.224 e. The first kappa shape index (κ1) is 21.2. The van der Waals surface area contributed by atoms with Crippen molar-refractivity contribution in [3.05, 3.63) is 24.3 Å². The van der Waals surface area contributed by atoms with Gasteiger partial charge in [0.2, 0.25) is 17.6 Å². The van der Waals surface area contributed by atoms with Crippen molar-refractivity contribution in [1.82, 2.24) is 4.98 Å². The van der Waals surface area contributed by atoms with Crippen molar-refractivity contribution in [3.8, 4) is 0 Å². The molecule has 1 spiro atoms. The molecule has 1 aliphatic carbocycles. The molecule has 1 aromatic heterocycles. The van der Waals surface area contributed by atoms with Crippen molar-refractivity contribution in [1.29, 1.82) is 0 Å². The van der Waals surface area contributed by atoms with Crippen LogP contribution in [0.5, 0.6) is 0 Å². The molecule has 0 aromatic carbocycles. The smallest absolute Gasteiger partial charge is 0.224 e. The van der Waals surface area contributed by atoms with E-state index < -0.39 is 23.6 Å². The van der Waals surface area contributed by atoms with Crippen molar-refractivity contribution >= 4 is 11.6 Å². The number of hydrogen-bond donors (Lipinski definition) is 1. The van der Waals surface area contributed by atoms with Gasteiger partial charge in [-0.05, 0) is 56.4 Å². The molecule has 5 fully saturated rings. The van der Waals surface area contributed by atoms with Crippen molar-refractivity contribution in [3.63, 3.8) is 0 Å². The summed E-state index contributed by atoms with van der Waals surface area (Å²) in [6.45, 7) is 6.39. The van der Waals surface area contributed by atoms with Gasteiger partial charge in [-0.25, -0.2) is 14.8 Å². The Balaban J connectivity index is 1.31. The van der Waals surface area contributed by atoms with Gasteiger partial charge in [0.05, 0.1) is 6.10 Å². The zero-order chi connectivity index (χ0) is 21.8. The van der Waals surface area contributed by atoms with Crippen LogP contribution in [0.1, 0.15) is 59.3 Å². The van der Waals surface area contributed by atoms with Gasteiger partial charge in [0.1, 0.15) is 0 Å². The summed E-state index contributed by atoms with van der Waals surface area (Å²) in [6, 6.07) is 2.78. The monoisotopic (exact) mass is 434 g/mol. The van der Waals surface area contributed by atoms with Gasteiger partial charge in [-0.1, -0.05) is 13.8 Å². The molecule has 4 saturated heterocycles. The predicted molar refractivity (Wildman–Crippen MR) is 109 cm³/mol. The number of pyridine rings is 1. The molecule has 1 amide bonds. The summed E-state index contributed by atoms with van der Waals surface area (Å²) < 4.78 is 26.1. The zero-order valence-electron chi connectivity index (χ0n) is 18.3. The quantitative estimate of drug-likeness (QED) is 0.566. The second-order valence-corrected chi connectivity index (χ2v) is 9.90. The van der Waals surface area contributed by atoms with Gasteiger partial charge >= 0.3 is 0 Å². The molecule has 1 aromatic rings. The number of rotatable bonds is 4. The van der Waals surface area contributed by atoms with Crippen LogP contribution < -0.4 is 5.32 Å². The molecule has 4 aliphatic heterocycles. The molecular weight excluding hydrogens is 403 g/mol. The number of aromatic nitrogens is 1. The van der Waals surface area contributed by atoms with Crippen LogP contribution in [0.25, 0.3) is 0 Å². The van der Waals surface area contributed by atoms with Crippen molar-refractivity contribution in [2.45, 2.75) is 83.1 Å². The van der Waals surface area contributed by atoms with Crippen LogP contribution in [0.15, 0.2) is 18.3 Å². The molecule has 5 heterocycles. The molecule has 8 atom stereocenters. The lowest BCUT2D eigenvalue weighted by Crippen LogP contribution is -2.70. The zero-order valence-corrected chi connectivity index (χ0v) is 18.3. The highest BCUT2D eigenvalue weighted by atomic mass is 19.1. The van der Waals surface area contributed by atoms with E-state index in [4.69, 9.17) is 19.2 Å². The fraction of sp³-hybridized carbons (Fsp3) is 0.739. The highest BCUT2D eigenvalue weighted by molar-refractivity contribution is 5.90. The van der Waals surface area contributed by atoms with E-state index in [1.165, 1.54) is 12.3 Å². The molecule has 1 N–H and O–H groups in total. The van der Waals surface area contributed by atoms with Crippen LogP contribution >= 0.6 is 0 Å². The summed E-state index contributed by atoms with van der Waals surface area (Å²) in [7, 11) is 0. The Bertz CT molecular complexity index is 855. The normalized spacial score (nSPS) is 43.7. The first-order valence-corrected chi connectivity index (χ1v) is 11.4. The molecule has 0 unspecified atom stereocenters. The molecule has 31 heavy (non-hydrogen) atoms. The van der Waals surface area contributed by atoms with E-state index >= 15 is 0 Å². The fourth-order valence-corrected chi connectivity index (χ4v) is 6.29. The summed E-state index contributed by atoms with van der Waals surface area (Å²) in [6.07, 6.45) is 5.50. The molecule has 8 heteroatoms. The summed E-state index contributed by atoms with van der Waals surface area (Å²) in [4.78, 5) is 28.0. The van der Waals surface area contributed by atoms with E-state index in [0.717, 1.165) is 25.7 Å². The number of carbonyl (C=O) groups is 1. The summed E-state index contributed by atoms with van der Waals surface area (Å²) >= 11 is 0. The summed E-state index contributed by atoms with van der Waals surface area (Å²) in [5, 5.41) is 2.73. The van der Waals surface area contributed by atoms with Crippen LogP contribution in [-0.2, 0) is 24.0 Å². The molecule has 2 bridgehead atoms. The topological polar surface area (TPSA) is 78.9 Å². The number of fused-ring (bicyclic) bond motifs is 2. The predicted octanol–water partition coefficient (Wildman–Crippen LogP) is 4.19. The van der Waals surface area contributed by atoms with Gasteiger partial charge in [0.15, 0.2) is 11.9 Å². The third-order valence-electron chi connectivity index (χ3n) is 7.96. The number of halogens is 1. The summed E-state index contributed by atoms with van der Waals surface area (Å²) in [5.74, 6) is -0.300. The van der Waals surface area contributed by atoms with Crippen molar-refractivity contribution in [2.24, 2.45) is 23.7 Å². The van der Waals surface area contributed by atoms with Gasteiger partial charge in [0.25, 0.3) is 0 Å². The third-order valence-corrected chi connectivity index (χ3v) is 7.96. The van der Waals surface area contributed by atoms with Crippen molar-refractivity contribution in [2.75, 3.05) is 5.32 Å². The van der Waals surface area contributed by atoms with Gasteiger partial charge in [-0.3, -0.25) is 4.79 Å². The number of ether oxygens (including phenoxy) is 2. The Hall–Kier alpha value is -1.61. The minimum Gasteiger partial charge on any atom is -0.346 e. The fourth-order valence-electron chi connectivity index (χ4n) is 6.29. The Labute approximate surface area is 181 Å². The lowest BCUT2D eigenvalue weighted by atomic mass is 9.57. The van der Waals surface area contributed by atoms with Crippen LogP contribution in [0, 0.1) is 29.6 Å². The van der Waals surface area contributed by atoms with E-state index in [2.05, 4.69) is 24.1 Å². The largest absolute Gasteiger partial charge is 0.346 e. The molecule has 6 rings (SSSR count). The SMILES string of the molecule is C[C@H]1[C@@H](CCC(=O)Nc2ccnc(F)c2)O[C@@H]2O[C@]3(C)CC[C@H]4[C@H](C)CC[C@@H]1[C@@]24OO3. The molecular formula is C23H31FN2O5. The standard InChI is InChI=1S/C23H31FN2O5/c1-13-4-5-17-14(2)18(6-7-20(27)26-15-9-11-25-19(24)12-15)28-21-23(17)16(13)8-10-22(3,29-21)30-31-23/h9,11-14,16-18,21H,4-8,10H2,1-3H3,(H,25,26,27)/t13-,14-,16+,17+,18-,21-,22+,23-/m1/s1. The van der Waals surface area contributed by atoms with E-state index in [1.807, 2.05) is 6.92 Å². The Morgan fingerprint density at radius 1 is 1.26 bits per heavy atom. The van der Waals surface area contributed by atoms with Gasteiger partial charge in [-0.15, -0.1) is 0 Å². The molecule has 170 valence electrons. The van der Waals surface area contributed by atoms with E-state index in [9.17, 15) is 9.18 Å². The third kappa shape index (κ3) is 3.57. The lowest BCUT2D eigenvalue weighted by molar-refractivity contribution is -0.571. The van der Waals surface area contributed by atoms with Gasteiger partial charge in [0, 0.05) is 36.7 Å². The van der Waals surface area contributed by atoms with E-state index in [0.29, 0.717) is 23.9 Å². The Kier molecular flexibility index (Phi) is 5.32. The van der Waals surface area contributed by atoms with Crippen LogP contribution in [0.4, 0.5) is 10.1 Å². The molecule has 5 aliphatic rings. The van der Waals surface area contributed by atoms with E-state index in [1.54, 1.807) is 6.07 Å². The minimum atomic E-state index is -0.800.